The highest BCUT2D eigenvalue weighted by Gasteiger charge is 2.11. The highest BCUT2D eigenvalue weighted by Crippen LogP contribution is 2.24. The lowest BCUT2D eigenvalue weighted by Crippen LogP contribution is -2.05. The minimum atomic E-state index is 0.302. The van der Waals surface area contributed by atoms with Crippen LogP contribution >= 0.6 is 11.6 Å². The first kappa shape index (κ1) is 13.6. The summed E-state index contributed by atoms with van der Waals surface area (Å²) in [6.07, 6.45) is 3.25. The fourth-order valence-corrected chi connectivity index (χ4v) is 1.91. The number of hydrogen-bond acceptors (Lipinski definition) is 5. The van der Waals surface area contributed by atoms with Gasteiger partial charge in [-0.15, -0.1) is 0 Å². The molecule has 0 aliphatic rings. The topological polar surface area (TPSA) is 64.9 Å². The van der Waals surface area contributed by atoms with Gasteiger partial charge in [0.05, 0.1) is 30.9 Å². The number of methoxy groups -OCH3 is 1. The third kappa shape index (κ3) is 2.78. The molecule has 0 amide bonds. The van der Waals surface area contributed by atoms with Gasteiger partial charge in [-0.25, -0.2) is 4.98 Å². The zero-order chi connectivity index (χ0) is 14.0. The molecule has 0 aliphatic carbocycles. The second-order valence-corrected chi connectivity index (χ2v) is 4.76. The van der Waals surface area contributed by atoms with E-state index in [0.717, 1.165) is 11.4 Å². The van der Waals surface area contributed by atoms with Crippen molar-refractivity contribution in [2.24, 2.45) is 0 Å². The molecule has 0 spiro atoms. The summed E-state index contributed by atoms with van der Waals surface area (Å²) in [6, 6.07) is 0.302. The molecule has 0 bridgehead atoms. The van der Waals surface area contributed by atoms with E-state index in [2.05, 4.69) is 34.2 Å². The van der Waals surface area contributed by atoms with Gasteiger partial charge in [0.25, 0.3) is 0 Å². The molecule has 1 N–H and O–H groups in total. The molecule has 0 fully saturated rings. The highest BCUT2D eigenvalue weighted by molar-refractivity contribution is 6.31. The Morgan fingerprint density at radius 2 is 2.11 bits per heavy atom. The largest absolute Gasteiger partial charge is 0.480 e. The normalized spacial score (nSPS) is 10.8. The van der Waals surface area contributed by atoms with Crippen molar-refractivity contribution in [2.45, 2.75) is 26.8 Å². The molecule has 2 rings (SSSR count). The number of ether oxygens (including phenoxy) is 1. The van der Waals surface area contributed by atoms with Gasteiger partial charge in [-0.05, 0) is 20.8 Å². The second-order valence-electron chi connectivity index (χ2n) is 4.36. The van der Waals surface area contributed by atoms with E-state index in [1.807, 2.05) is 11.6 Å². The van der Waals surface area contributed by atoms with E-state index in [1.54, 1.807) is 6.20 Å². The predicted octanol–water partition coefficient (Wildman–Crippen LogP) is 2.97. The molecule has 7 heteroatoms. The lowest BCUT2D eigenvalue weighted by molar-refractivity contribution is 0.398. The standard InChI is InChI=1S/C12H16ClN5O/c1-7(2)18-8(3)10(6-15-18)16-12-14-5-9(13)11(17-12)19-4/h5-7H,1-4H3,(H,14,16,17). The number of hydrogen-bond donors (Lipinski definition) is 1. The summed E-state index contributed by atoms with van der Waals surface area (Å²) in [7, 11) is 1.51. The quantitative estimate of drug-likeness (QED) is 0.933. The smallest absolute Gasteiger partial charge is 0.237 e. The van der Waals surface area contributed by atoms with Gasteiger partial charge in [-0.1, -0.05) is 11.6 Å². The zero-order valence-electron chi connectivity index (χ0n) is 11.3. The Morgan fingerprint density at radius 3 is 2.68 bits per heavy atom. The molecule has 0 atom stereocenters. The van der Waals surface area contributed by atoms with Gasteiger partial charge in [-0.2, -0.15) is 10.1 Å². The van der Waals surface area contributed by atoms with Crippen LogP contribution in [0.3, 0.4) is 0 Å². The van der Waals surface area contributed by atoms with E-state index in [4.69, 9.17) is 16.3 Å². The number of nitrogens with zero attached hydrogens (tertiary/aromatic N) is 4. The highest BCUT2D eigenvalue weighted by atomic mass is 35.5. The van der Waals surface area contributed by atoms with Crippen LogP contribution in [0.1, 0.15) is 25.6 Å². The number of anilines is 2. The second kappa shape index (κ2) is 5.44. The third-order valence-corrected chi connectivity index (χ3v) is 2.94. The molecule has 0 aromatic carbocycles. The van der Waals surface area contributed by atoms with Crippen molar-refractivity contribution in [1.82, 2.24) is 19.7 Å². The fraction of sp³-hybridized carbons (Fsp3) is 0.417. The Hall–Kier alpha value is -1.82. The van der Waals surface area contributed by atoms with Crippen molar-refractivity contribution in [3.05, 3.63) is 23.1 Å². The summed E-state index contributed by atoms with van der Waals surface area (Å²) in [4.78, 5) is 8.27. The molecular formula is C12H16ClN5O. The zero-order valence-corrected chi connectivity index (χ0v) is 12.1. The predicted molar refractivity (Wildman–Crippen MR) is 74.2 cm³/mol. The first-order valence-corrected chi connectivity index (χ1v) is 6.28. The molecule has 0 saturated heterocycles. The number of aromatic nitrogens is 4. The summed E-state index contributed by atoms with van der Waals surface area (Å²) in [5.74, 6) is 0.765. The van der Waals surface area contributed by atoms with Crippen molar-refractivity contribution in [3.8, 4) is 5.88 Å². The summed E-state index contributed by atoms with van der Waals surface area (Å²) >= 11 is 5.88. The van der Waals surface area contributed by atoms with Crippen molar-refractivity contribution < 1.29 is 4.74 Å². The van der Waals surface area contributed by atoms with Crippen LogP contribution in [-0.2, 0) is 0 Å². The van der Waals surface area contributed by atoms with Crippen LogP contribution in [0.2, 0.25) is 5.02 Å². The molecule has 102 valence electrons. The van der Waals surface area contributed by atoms with Crippen molar-refractivity contribution in [3.63, 3.8) is 0 Å². The summed E-state index contributed by atoms with van der Waals surface area (Å²) in [5, 5.41) is 7.80. The maximum atomic E-state index is 5.88. The minimum absolute atomic E-state index is 0.302. The lowest BCUT2D eigenvalue weighted by atomic mass is 10.3. The van der Waals surface area contributed by atoms with Gasteiger partial charge >= 0.3 is 0 Å². The van der Waals surface area contributed by atoms with E-state index in [1.165, 1.54) is 13.3 Å². The molecule has 0 radical (unpaired) electrons. The van der Waals surface area contributed by atoms with E-state index in [9.17, 15) is 0 Å². The van der Waals surface area contributed by atoms with Crippen LogP contribution in [0.25, 0.3) is 0 Å². The first-order chi connectivity index (χ1) is 9.02. The molecular weight excluding hydrogens is 266 g/mol. The lowest BCUT2D eigenvalue weighted by Gasteiger charge is -2.09. The van der Waals surface area contributed by atoms with Gasteiger partial charge in [0.15, 0.2) is 0 Å². The fourth-order valence-electron chi connectivity index (χ4n) is 1.74. The Labute approximate surface area is 116 Å². The summed E-state index contributed by atoms with van der Waals surface area (Å²) in [6.45, 7) is 6.14. The van der Waals surface area contributed by atoms with Crippen LogP contribution < -0.4 is 10.1 Å². The summed E-state index contributed by atoms with van der Waals surface area (Å²) < 4.78 is 6.98. The maximum absolute atomic E-state index is 5.88. The Balaban J connectivity index is 2.26. The monoisotopic (exact) mass is 281 g/mol. The molecule has 2 heterocycles. The Morgan fingerprint density at radius 1 is 1.37 bits per heavy atom. The molecule has 2 aromatic rings. The van der Waals surface area contributed by atoms with Crippen LogP contribution in [-0.4, -0.2) is 26.9 Å². The summed E-state index contributed by atoms with van der Waals surface area (Å²) in [5.41, 5.74) is 1.88. The van der Waals surface area contributed by atoms with Crippen LogP contribution in [0.5, 0.6) is 5.88 Å². The average molecular weight is 282 g/mol. The number of rotatable bonds is 4. The van der Waals surface area contributed by atoms with Gasteiger partial charge in [0.2, 0.25) is 11.8 Å². The van der Waals surface area contributed by atoms with Crippen LogP contribution in [0.15, 0.2) is 12.4 Å². The Kier molecular flexibility index (Phi) is 3.90. The van der Waals surface area contributed by atoms with E-state index < -0.39 is 0 Å². The molecule has 0 aliphatic heterocycles. The number of halogens is 1. The van der Waals surface area contributed by atoms with E-state index in [0.29, 0.717) is 22.9 Å². The van der Waals surface area contributed by atoms with Gasteiger partial charge < -0.3 is 10.1 Å². The van der Waals surface area contributed by atoms with Crippen molar-refractivity contribution in [1.29, 1.82) is 0 Å². The van der Waals surface area contributed by atoms with Crippen molar-refractivity contribution >= 4 is 23.2 Å². The van der Waals surface area contributed by atoms with Crippen molar-refractivity contribution in [2.75, 3.05) is 12.4 Å². The maximum Gasteiger partial charge on any atom is 0.237 e. The van der Waals surface area contributed by atoms with Gasteiger partial charge in [0, 0.05) is 6.04 Å². The van der Waals surface area contributed by atoms with Gasteiger partial charge in [-0.3, -0.25) is 4.68 Å². The van der Waals surface area contributed by atoms with Crippen LogP contribution in [0, 0.1) is 6.92 Å². The third-order valence-electron chi connectivity index (χ3n) is 2.69. The molecule has 0 saturated carbocycles. The molecule has 2 aromatic heterocycles. The first-order valence-electron chi connectivity index (χ1n) is 5.90. The average Bonchev–Trinajstić information content (AvgIpc) is 2.73. The van der Waals surface area contributed by atoms with Gasteiger partial charge in [0.1, 0.15) is 5.02 Å². The number of nitrogens with one attached hydrogen (secondary N) is 1. The Bertz CT molecular complexity index is 581. The van der Waals surface area contributed by atoms with E-state index >= 15 is 0 Å². The van der Waals surface area contributed by atoms with Crippen LogP contribution in [0.4, 0.5) is 11.6 Å². The SMILES string of the molecule is COc1nc(Nc2cnn(C(C)C)c2C)ncc1Cl. The minimum Gasteiger partial charge on any atom is -0.480 e. The van der Waals surface area contributed by atoms with E-state index in [-0.39, 0.29) is 0 Å². The molecule has 19 heavy (non-hydrogen) atoms. The molecule has 6 nitrogen and oxygen atoms in total. The molecule has 0 unspecified atom stereocenters.